The van der Waals surface area contributed by atoms with Crippen molar-refractivity contribution in [1.29, 1.82) is 0 Å². The molecule has 0 unspecified atom stereocenters. The van der Waals surface area contributed by atoms with E-state index < -0.39 is 0 Å². The van der Waals surface area contributed by atoms with Crippen LogP contribution in [0.25, 0.3) is 100.0 Å². The van der Waals surface area contributed by atoms with Gasteiger partial charge in [-0.2, -0.15) is 0 Å². The van der Waals surface area contributed by atoms with Crippen LogP contribution in [0.5, 0.6) is 0 Å². The van der Waals surface area contributed by atoms with Crippen molar-refractivity contribution < 1.29 is 0 Å². The number of pyridine rings is 2. The Morgan fingerprint density at radius 1 is 0.345 bits per heavy atom. The van der Waals surface area contributed by atoms with Crippen LogP contribution in [0.2, 0.25) is 0 Å². The normalized spacial score (nSPS) is 11.4. The van der Waals surface area contributed by atoms with Gasteiger partial charge in [0.2, 0.25) is 0 Å². The first-order valence-electron chi connectivity index (χ1n) is 18.5. The van der Waals surface area contributed by atoms with E-state index in [1.165, 1.54) is 32.7 Å². The van der Waals surface area contributed by atoms with Crippen molar-refractivity contribution in [3.8, 4) is 67.5 Å². The molecule has 10 aromatic rings. The zero-order valence-electron chi connectivity index (χ0n) is 30.2. The van der Waals surface area contributed by atoms with Gasteiger partial charge in [-0.15, -0.1) is 0 Å². The molecule has 10 rings (SSSR count). The zero-order chi connectivity index (χ0) is 36.7. The SMILES string of the molecule is Cc1ccc(-c2nc(-c3ccccc3)cc(-c3ccc(-c4cc(-c5ccc6ccccc6c5)nc5ccc(-c6ccc7ccccc7c6)cc45)cn3)n2)cc1. The molecule has 0 bridgehead atoms. The predicted octanol–water partition coefficient (Wildman–Crippen LogP) is 13.0. The molecule has 0 aliphatic carbocycles. The van der Waals surface area contributed by atoms with Crippen LogP contribution >= 0.6 is 0 Å². The molecular formula is C51H34N4. The Kier molecular flexibility index (Phi) is 8.00. The summed E-state index contributed by atoms with van der Waals surface area (Å²) in [6.07, 6.45) is 1.97. The van der Waals surface area contributed by atoms with Gasteiger partial charge < -0.3 is 0 Å². The number of hydrogen-bond acceptors (Lipinski definition) is 4. The first kappa shape index (κ1) is 32.4. The van der Waals surface area contributed by atoms with E-state index >= 15 is 0 Å². The molecule has 0 N–H and O–H groups in total. The van der Waals surface area contributed by atoms with Crippen LogP contribution in [0.1, 0.15) is 5.56 Å². The smallest absolute Gasteiger partial charge is 0.160 e. The molecule has 0 aliphatic heterocycles. The maximum atomic E-state index is 5.23. The second-order valence-electron chi connectivity index (χ2n) is 14.0. The van der Waals surface area contributed by atoms with E-state index in [1.54, 1.807) is 0 Å². The van der Waals surface area contributed by atoms with Gasteiger partial charge in [-0.3, -0.25) is 4.98 Å². The van der Waals surface area contributed by atoms with Crippen molar-refractivity contribution in [2.75, 3.05) is 0 Å². The highest BCUT2D eigenvalue weighted by molar-refractivity contribution is 6.00. The Balaban J connectivity index is 1.11. The van der Waals surface area contributed by atoms with Crippen molar-refractivity contribution >= 4 is 32.4 Å². The molecule has 0 radical (unpaired) electrons. The van der Waals surface area contributed by atoms with Crippen LogP contribution in [-0.2, 0) is 0 Å². The summed E-state index contributed by atoms with van der Waals surface area (Å²) in [6, 6.07) is 63.8. The molecule has 3 aromatic heterocycles. The van der Waals surface area contributed by atoms with Gasteiger partial charge in [-0.05, 0) is 87.6 Å². The van der Waals surface area contributed by atoms with E-state index in [0.29, 0.717) is 5.82 Å². The van der Waals surface area contributed by atoms with Gasteiger partial charge in [0.15, 0.2) is 5.82 Å². The monoisotopic (exact) mass is 702 g/mol. The Morgan fingerprint density at radius 2 is 0.927 bits per heavy atom. The van der Waals surface area contributed by atoms with Gasteiger partial charge in [-0.25, -0.2) is 15.0 Å². The minimum absolute atomic E-state index is 0.670. The fraction of sp³-hybridized carbons (Fsp3) is 0.0196. The van der Waals surface area contributed by atoms with Crippen LogP contribution < -0.4 is 0 Å². The van der Waals surface area contributed by atoms with Crippen molar-refractivity contribution in [2.45, 2.75) is 6.92 Å². The topological polar surface area (TPSA) is 51.6 Å². The largest absolute Gasteiger partial charge is 0.254 e. The summed E-state index contributed by atoms with van der Waals surface area (Å²) in [5.74, 6) is 0.670. The highest BCUT2D eigenvalue weighted by Crippen LogP contribution is 2.37. The highest BCUT2D eigenvalue weighted by atomic mass is 14.9. The Morgan fingerprint density at radius 3 is 1.65 bits per heavy atom. The summed E-state index contributed by atoms with van der Waals surface area (Å²) < 4.78 is 0. The molecule has 55 heavy (non-hydrogen) atoms. The summed E-state index contributed by atoms with van der Waals surface area (Å²) in [4.78, 5) is 20.3. The summed E-state index contributed by atoms with van der Waals surface area (Å²) in [5, 5.41) is 5.91. The van der Waals surface area contributed by atoms with Crippen molar-refractivity contribution in [2.24, 2.45) is 0 Å². The molecule has 0 saturated carbocycles. The molecule has 0 atom stereocenters. The Hall–Kier alpha value is -7.30. The molecule has 0 spiro atoms. The summed E-state index contributed by atoms with van der Waals surface area (Å²) in [7, 11) is 0. The van der Waals surface area contributed by atoms with Gasteiger partial charge in [0.25, 0.3) is 0 Å². The van der Waals surface area contributed by atoms with Gasteiger partial charge in [0.1, 0.15) is 0 Å². The summed E-state index contributed by atoms with van der Waals surface area (Å²) in [5.41, 5.74) is 12.9. The maximum Gasteiger partial charge on any atom is 0.160 e. The van der Waals surface area contributed by atoms with Crippen LogP contribution in [0.3, 0.4) is 0 Å². The van der Waals surface area contributed by atoms with Crippen LogP contribution in [0, 0.1) is 6.92 Å². The molecule has 0 amide bonds. The lowest BCUT2D eigenvalue weighted by Crippen LogP contribution is -1.97. The van der Waals surface area contributed by atoms with Crippen LogP contribution in [-0.4, -0.2) is 19.9 Å². The van der Waals surface area contributed by atoms with Gasteiger partial charge >= 0.3 is 0 Å². The fourth-order valence-corrected chi connectivity index (χ4v) is 7.38. The number of rotatable bonds is 6. The van der Waals surface area contributed by atoms with E-state index in [1.807, 2.05) is 30.5 Å². The van der Waals surface area contributed by atoms with E-state index in [9.17, 15) is 0 Å². The Bertz CT molecular complexity index is 3030. The highest BCUT2D eigenvalue weighted by Gasteiger charge is 2.15. The fourth-order valence-electron chi connectivity index (χ4n) is 7.38. The lowest BCUT2D eigenvalue weighted by molar-refractivity contribution is 1.16. The van der Waals surface area contributed by atoms with E-state index in [0.717, 1.165) is 67.1 Å². The Labute approximate surface area is 319 Å². The van der Waals surface area contributed by atoms with Gasteiger partial charge in [0, 0.05) is 33.8 Å². The van der Waals surface area contributed by atoms with E-state index in [4.69, 9.17) is 19.9 Å². The minimum atomic E-state index is 0.670. The minimum Gasteiger partial charge on any atom is -0.254 e. The predicted molar refractivity (Wildman–Crippen MR) is 227 cm³/mol. The van der Waals surface area contributed by atoms with E-state index in [2.05, 4.69) is 165 Å². The summed E-state index contributed by atoms with van der Waals surface area (Å²) >= 11 is 0. The number of nitrogens with zero attached hydrogens (tertiary/aromatic N) is 4. The third-order valence-electron chi connectivity index (χ3n) is 10.4. The first-order chi connectivity index (χ1) is 27.1. The zero-order valence-corrected chi connectivity index (χ0v) is 30.2. The molecule has 7 aromatic carbocycles. The lowest BCUT2D eigenvalue weighted by Gasteiger charge is -2.13. The molecule has 0 saturated heterocycles. The van der Waals surface area contributed by atoms with Crippen molar-refractivity contribution in [1.82, 2.24) is 19.9 Å². The molecule has 3 heterocycles. The van der Waals surface area contributed by atoms with Crippen LogP contribution in [0.15, 0.2) is 188 Å². The molecule has 258 valence electrons. The number of aromatic nitrogens is 4. The standard InChI is InChI=1S/C51H34N4/c1-33-15-17-37(18-16-33)51-54-49(36-11-3-2-4-12-36)31-50(55-51)47-26-24-43(32-52-47)44-30-48(42-22-20-35-10-6-8-14-39(35)28-42)53-46-25-23-41(29-45(44)46)40-21-19-34-9-5-7-13-38(34)27-40/h2-32H,1H3. The summed E-state index contributed by atoms with van der Waals surface area (Å²) in [6.45, 7) is 2.09. The molecule has 0 aliphatic rings. The third-order valence-corrected chi connectivity index (χ3v) is 10.4. The van der Waals surface area contributed by atoms with E-state index in [-0.39, 0.29) is 0 Å². The number of hydrogen-bond donors (Lipinski definition) is 0. The molecule has 0 fully saturated rings. The van der Waals surface area contributed by atoms with Crippen molar-refractivity contribution in [3.63, 3.8) is 0 Å². The average Bonchev–Trinajstić information content (AvgIpc) is 3.26. The van der Waals surface area contributed by atoms with Crippen molar-refractivity contribution in [3.05, 3.63) is 194 Å². The number of aryl methyl sites for hydroxylation is 1. The lowest BCUT2D eigenvalue weighted by atomic mass is 9.94. The number of fused-ring (bicyclic) bond motifs is 3. The second kappa shape index (κ2) is 13.6. The molecular weight excluding hydrogens is 669 g/mol. The third kappa shape index (κ3) is 6.30. The quantitative estimate of drug-likeness (QED) is 0.173. The molecule has 4 nitrogen and oxygen atoms in total. The second-order valence-corrected chi connectivity index (χ2v) is 14.0. The average molecular weight is 703 g/mol. The van der Waals surface area contributed by atoms with Gasteiger partial charge in [0.05, 0.1) is 28.3 Å². The first-order valence-corrected chi connectivity index (χ1v) is 18.5. The maximum absolute atomic E-state index is 5.23. The van der Waals surface area contributed by atoms with Gasteiger partial charge in [-0.1, -0.05) is 145 Å². The van der Waals surface area contributed by atoms with Crippen LogP contribution in [0.4, 0.5) is 0 Å². The number of benzene rings is 7. The molecule has 4 heteroatoms.